The average Bonchev–Trinajstić information content (AvgIpc) is 3.08. The van der Waals surface area contributed by atoms with E-state index < -0.39 is 39.2 Å². The van der Waals surface area contributed by atoms with Gasteiger partial charge in [-0.15, -0.1) is 0 Å². The SMILES string of the molecule is CC(C)(C)[C@@]1(C(=O)Nc2ccc(N3CCOCC3=O)cc2)C[C@@H](OS(C)(=O)=O)CN1C(=O)O. The van der Waals surface area contributed by atoms with Crippen molar-refractivity contribution in [3.05, 3.63) is 24.3 Å². The van der Waals surface area contributed by atoms with Crippen LogP contribution in [0.4, 0.5) is 16.2 Å². The molecule has 2 aliphatic heterocycles. The number of carbonyl (C=O) groups excluding carboxylic acids is 2. The van der Waals surface area contributed by atoms with Crippen molar-refractivity contribution in [1.29, 1.82) is 0 Å². The van der Waals surface area contributed by atoms with Crippen molar-refractivity contribution in [3.63, 3.8) is 0 Å². The molecule has 182 valence electrons. The first-order valence-corrected chi connectivity index (χ1v) is 12.2. The molecule has 11 nitrogen and oxygen atoms in total. The number of benzene rings is 1. The maximum atomic E-state index is 13.5. The summed E-state index contributed by atoms with van der Waals surface area (Å²) in [5.74, 6) is -0.753. The van der Waals surface area contributed by atoms with Gasteiger partial charge in [0.05, 0.1) is 25.5 Å². The number of amides is 3. The van der Waals surface area contributed by atoms with E-state index in [-0.39, 0.29) is 25.5 Å². The van der Waals surface area contributed by atoms with Crippen molar-refractivity contribution >= 4 is 39.4 Å². The predicted octanol–water partition coefficient (Wildman–Crippen LogP) is 1.50. The summed E-state index contributed by atoms with van der Waals surface area (Å²) in [7, 11) is -3.85. The summed E-state index contributed by atoms with van der Waals surface area (Å²) < 4.78 is 33.5. The molecule has 2 fully saturated rings. The average molecular weight is 484 g/mol. The van der Waals surface area contributed by atoms with Crippen LogP contribution in [0.25, 0.3) is 0 Å². The minimum absolute atomic E-state index is 0.00826. The van der Waals surface area contributed by atoms with Crippen LogP contribution < -0.4 is 10.2 Å². The van der Waals surface area contributed by atoms with E-state index >= 15 is 0 Å². The van der Waals surface area contributed by atoms with Crippen LogP contribution in [-0.4, -0.2) is 80.5 Å². The third-order valence-electron chi connectivity index (χ3n) is 5.95. The highest BCUT2D eigenvalue weighted by atomic mass is 32.2. The second-order valence-corrected chi connectivity index (χ2v) is 10.8. The quantitative estimate of drug-likeness (QED) is 0.600. The fourth-order valence-electron chi connectivity index (χ4n) is 4.43. The van der Waals surface area contributed by atoms with Crippen molar-refractivity contribution in [2.75, 3.05) is 42.8 Å². The van der Waals surface area contributed by atoms with Crippen molar-refractivity contribution < 1.29 is 36.8 Å². The maximum absolute atomic E-state index is 13.5. The predicted molar refractivity (Wildman–Crippen MR) is 119 cm³/mol. The monoisotopic (exact) mass is 483 g/mol. The van der Waals surface area contributed by atoms with Gasteiger partial charge in [0.1, 0.15) is 12.1 Å². The zero-order chi connectivity index (χ0) is 24.6. The van der Waals surface area contributed by atoms with Crippen LogP contribution in [0.5, 0.6) is 0 Å². The Hall–Kier alpha value is -2.70. The molecule has 3 amide bonds. The van der Waals surface area contributed by atoms with Crippen LogP contribution in [0, 0.1) is 5.41 Å². The lowest BCUT2D eigenvalue weighted by Gasteiger charge is -2.45. The van der Waals surface area contributed by atoms with E-state index in [2.05, 4.69) is 5.32 Å². The molecule has 33 heavy (non-hydrogen) atoms. The van der Waals surface area contributed by atoms with E-state index in [0.717, 1.165) is 11.2 Å². The molecule has 1 aromatic carbocycles. The van der Waals surface area contributed by atoms with Crippen LogP contribution in [-0.2, 0) is 28.6 Å². The topological polar surface area (TPSA) is 143 Å². The molecule has 1 aromatic rings. The normalized spacial score (nSPS) is 24.1. The Morgan fingerprint density at radius 2 is 1.88 bits per heavy atom. The van der Waals surface area contributed by atoms with E-state index in [1.54, 1.807) is 49.9 Å². The molecular weight excluding hydrogens is 454 g/mol. The van der Waals surface area contributed by atoms with Crippen molar-refractivity contribution in [3.8, 4) is 0 Å². The van der Waals surface area contributed by atoms with Gasteiger partial charge in [-0.1, -0.05) is 20.8 Å². The van der Waals surface area contributed by atoms with Gasteiger partial charge in [-0.25, -0.2) is 4.79 Å². The highest BCUT2D eigenvalue weighted by Gasteiger charge is 2.61. The van der Waals surface area contributed by atoms with Gasteiger partial charge in [0.15, 0.2) is 0 Å². The molecule has 2 aliphatic rings. The number of rotatable bonds is 5. The van der Waals surface area contributed by atoms with Crippen molar-refractivity contribution in [1.82, 2.24) is 4.90 Å². The van der Waals surface area contributed by atoms with Gasteiger partial charge >= 0.3 is 6.09 Å². The number of carbonyl (C=O) groups is 3. The van der Waals surface area contributed by atoms with Crippen LogP contribution in [0.15, 0.2) is 24.3 Å². The summed E-state index contributed by atoms with van der Waals surface area (Å²) in [6, 6.07) is 6.61. The molecule has 0 unspecified atom stereocenters. The number of carboxylic acid groups (broad SMARTS) is 1. The molecule has 0 radical (unpaired) electrons. The first-order valence-electron chi connectivity index (χ1n) is 10.4. The Kier molecular flexibility index (Phi) is 6.74. The van der Waals surface area contributed by atoms with Crippen molar-refractivity contribution in [2.45, 2.75) is 38.8 Å². The smallest absolute Gasteiger partial charge is 0.408 e. The number of likely N-dealkylation sites (tertiary alicyclic amines) is 1. The van der Waals surface area contributed by atoms with E-state index in [1.807, 2.05) is 0 Å². The van der Waals surface area contributed by atoms with Gasteiger partial charge < -0.3 is 20.1 Å². The Bertz CT molecular complexity index is 1030. The highest BCUT2D eigenvalue weighted by molar-refractivity contribution is 7.86. The van der Waals surface area contributed by atoms with Crippen LogP contribution >= 0.6 is 0 Å². The number of morpholine rings is 1. The summed E-state index contributed by atoms with van der Waals surface area (Å²) in [6.45, 7) is 5.77. The zero-order valence-electron chi connectivity index (χ0n) is 19.0. The summed E-state index contributed by atoms with van der Waals surface area (Å²) in [5.41, 5.74) is -1.40. The number of nitrogens with one attached hydrogen (secondary N) is 1. The second kappa shape index (κ2) is 8.92. The molecule has 12 heteroatoms. The molecule has 0 aliphatic carbocycles. The lowest BCUT2D eigenvalue weighted by Crippen LogP contribution is -2.62. The second-order valence-electron chi connectivity index (χ2n) is 9.23. The molecule has 0 bridgehead atoms. The van der Waals surface area contributed by atoms with Crippen molar-refractivity contribution in [2.24, 2.45) is 5.41 Å². The molecule has 2 N–H and O–H groups in total. The molecule has 2 saturated heterocycles. The third-order valence-corrected chi connectivity index (χ3v) is 6.57. The summed E-state index contributed by atoms with van der Waals surface area (Å²) in [5, 5.41) is 12.6. The Morgan fingerprint density at radius 3 is 2.39 bits per heavy atom. The minimum atomic E-state index is -3.85. The largest absolute Gasteiger partial charge is 0.465 e. The molecule has 0 aromatic heterocycles. The Balaban J connectivity index is 1.87. The number of nitrogens with zero attached hydrogens (tertiary/aromatic N) is 2. The first kappa shape index (κ1) is 24.9. The standard InChI is InChI=1S/C21H29N3O8S/c1-20(2,3)21(11-16(32-33(4,29)30)12-24(21)19(27)28)18(26)22-14-5-7-15(8-6-14)23-9-10-31-13-17(23)25/h5-8,16H,9-13H2,1-4H3,(H,22,26)(H,27,28)/t16-,21+/m1/s1. The fourth-order valence-corrected chi connectivity index (χ4v) is 5.06. The number of anilines is 2. The Morgan fingerprint density at radius 1 is 1.24 bits per heavy atom. The van der Waals surface area contributed by atoms with Gasteiger partial charge in [-0.2, -0.15) is 8.42 Å². The molecule has 3 rings (SSSR count). The summed E-state index contributed by atoms with van der Waals surface area (Å²) in [6.07, 6.45) is -1.57. The number of ether oxygens (including phenoxy) is 1. The lowest BCUT2D eigenvalue weighted by molar-refractivity contribution is -0.132. The Labute approximate surface area is 192 Å². The maximum Gasteiger partial charge on any atom is 0.408 e. The summed E-state index contributed by atoms with van der Waals surface area (Å²) in [4.78, 5) is 40.2. The van der Waals surface area contributed by atoms with Crippen LogP contribution in [0.2, 0.25) is 0 Å². The van der Waals surface area contributed by atoms with Gasteiger partial charge in [0.2, 0.25) is 0 Å². The van der Waals surface area contributed by atoms with Gasteiger partial charge in [0.25, 0.3) is 21.9 Å². The fraction of sp³-hybridized carbons (Fsp3) is 0.571. The molecular formula is C21H29N3O8S. The van der Waals surface area contributed by atoms with Gasteiger partial charge in [-0.05, 0) is 29.7 Å². The molecule has 0 spiro atoms. The minimum Gasteiger partial charge on any atom is -0.465 e. The summed E-state index contributed by atoms with van der Waals surface area (Å²) >= 11 is 0. The number of hydrogen-bond donors (Lipinski definition) is 2. The third kappa shape index (κ3) is 5.12. The van der Waals surface area contributed by atoms with Gasteiger partial charge in [0, 0.05) is 24.3 Å². The van der Waals surface area contributed by atoms with E-state index in [4.69, 9.17) is 8.92 Å². The first-order chi connectivity index (χ1) is 15.2. The van der Waals surface area contributed by atoms with Crippen LogP contribution in [0.3, 0.4) is 0 Å². The molecule has 2 atom stereocenters. The van der Waals surface area contributed by atoms with E-state index in [0.29, 0.717) is 24.5 Å². The molecule has 2 heterocycles. The van der Waals surface area contributed by atoms with Gasteiger partial charge in [-0.3, -0.25) is 18.7 Å². The van der Waals surface area contributed by atoms with E-state index in [1.165, 1.54) is 0 Å². The number of hydrogen-bond acceptors (Lipinski definition) is 7. The lowest BCUT2D eigenvalue weighted by atomic mass is 9.70. The molecule has 0 saturated carbocycles. The van der Waals surface area contributed by atoms with E-state index in [9.17, 15) is 27.9 Å². The highest BCUT2D eigenvalue weighted by Crippen LogP contribution is 2.45. The van der Waals surface area contributed by atoms with Crippen LogP contribution in [0.1, 0.15) is 27.2 Å². The zero-order valence-corrected chi connectivity index (χ0v) is 19.8.